The van der Waals surface area contributed by atoms with E-state index >= 15 is 0 Å². The molecule has 4 N–H and O–H groups in total. The molecule has 0 aromatic heterocycles. The van der Waals surface area contributed by atoms with E-state index in [1.165, 1.54) is 4.90 Å². The summed E-state index contributed by atoms with van der Waals surface area (Å²) in [5, 5.41) is 5.43. The average molecular weight is 527 g/mol. The molecule has 2 atom stereocenters. The molecule has 0 saturated heterocycles. The van der Waals surface area contributed by atoms with Gasteiger partial charge in [-0.15, -0.1) is 0 Å². The van der Waals surface area contributed by atoms with E-state index in [-0.39, 0.29) is 12.8 Å². The highest BCUT2D eigenvalue weighted by Crippen LogP contribution is 2.27. The standard InChI is InChI=1S/C28H38N4O6/c1-18(2)32(26(35)22(16-17-23(29)33)31-27(36)38-28(3,4)5)24(19-10-8-7-9-11-19)25(34)30-20-12-14-21(37-6)15-13-20/h7-15,18,22,24H,16-17H2,1-6H3,(H2,29,33)(H,30,34)(H,31,36). The molecule has 10 nitrogen and oxygen atoms in total. The number of ether oxygens (including phenoxy) is 2. The smallest absolute Gasteiger partial charge is 0.408 e. The minimum Gasteiger partial charge on any atom is -0.497 e. The van der Waals surface area contributed by atoms with Crippen LogP contribution in [0.1, 0.15) is 59.1 Å². The van der Waals surface area contributed by atoms with Crippen LogP contribution in [0.3, 0.4) is 0 Å². The molecule has 0 radical (unpaired) electrons. The lowest BCUT2D eigenvalue weighted by atomic mass is 10.00. The van der Waals surface area contributed by atoms with Crippen LogP contribution in [0.25, 0.3) is 0 Å². The number of alkyl carbamates (subject to hydrolysis) is 1. The monoisotopic (exact) mass is 526 g/mol. The number of hydrogen-bond acceptors (Lipinski definition) is 6. The number of anilines is 1. The highest BCUT2D eigenvalue weighted by Gasteiger charge is 2.37. The summed E-state index contributed by atoms with van der Waals surface area (Å²) in [7, 11) is 1.55. The number of primary amides is 1. The summed E-state index contributed by atoms with van der Waals surface area (Å²) in [5.41, 5.74) is 5.63. The Hall–Kier alpha value is -4.08. The minimum atomic E-state index is -1.15. The van der Waals surface area contributed by atoms with Gasteiger partial charge in [-0.25, -0.2) is 4.79 Å². The fraction of sp³-hybridized carbons (Fsp3) is 0.429. The van der Waals surface area contributed by atoms with Crippen molar-refractivity contribution in [1.82, 2.24) is 10.2 Å². The molecule has 0 saturated carbocycles. The summed E-state index contributed by atoms with van der Waals surface area (Å²) in [6.45, 7) is 8.63. The van der Waals surface area contributed by atoms with E-state index < -0.39 is 47.5 Å². The normalized spacial score (nSPS) is 12.7. The van der Waals surface area contributed by atoms with Crippen molar-refractivity contribution in [3.63, 3.8) is 0 Å². The van der Waals surface area contributed by atoms with Crippen molar-refractivity contribution in [2.24, 2.45) is 5.73 Å². The average Bonchev–Trinajstić information content (AvgIpc) is 2.84. The van der Waals surface area contributed by atoms with Gasteiger partial charge >= 0.3 is 6.09 Å². The molecule has 38 heavy (non-hydrogen) atoms. The van der Waals surface area contributed by atoms with Crippen molar-refractivity contribution in [2.75, 3.05) is 12.4 Å². The van der Waals surface area contributed by atoms with Crippen molar-refractivity contribution in [3.8, 4) is 5.75 Å². The molecular formula is C28H38N4O6. The number of nitrogens with one attached hydrogen (secondary N) is 2. The Balaban J connectivity index is 2.46. The molecule has 2 aromatic carbocycles. The number of nitrogens with zero attached hydrogens (tertiary/aromatic N) is 1. The van der Waals surface area contributed by atoms with Crippen molar-refractivity contribution < 1.29 is 28.7 Å². The van der Waals surface area contributed by atoms with E-state index in [0.29, 0.717) is 17.0 Å². The minimum absolute atomic E-state index is 0.0573. The summed E-state index contributed by atoms with van der Waals surface area (Å²) >= 11 is 0. The molecular weight excluding hydrogens is 488 g/mol. The topological polar surface area (TPSA) is 140 Å². The van der Waals surface area contributed by atoms with Crippen LogP contribution in [0.2, 0.25) is 0 Å². The second-order valence-corrected chi connectivity index (χ2v) is 10.1. The van der Waals surface area contributed by atoms with Crippen molar-refractivity contribution >= 4 is 29.5 Å². The number of carbonyl (C=O) groups is 4. The largest absolute Gasteiger partial charge is 0.497 e. The van der Waals surface area contributed by atoms with Crippen LogP contribution in [-0.4, -0.2) is 53.5 Å². The first-order chi connectivity index (χ1) is 17.8. The summed E-state index contributed by atoms with van der Waals surface area (Å²) in [6.07, 6.45) is -1.02. The van der Waals surface area contributed by atoms with E-state index in [1.807, 2.05) is 6.07 Å². The van der Waals surface area contributed by atoms with E-state index in [4.69, 9.17) is 15.2 Å². The van der Waals surface area contributed by atoms with Gasteiger partial charge in [0.05, 0.1) is 7.11 Å². The molecule has 2 aromatic rings. The molecule has 0 heterocycles. The lowest BCUT2D eigenvalue weighted by Gasteiger charge is -2.37. The van der Waals surface area contributed by atoms with Gasteiger partial charge in [0.1, 0.15) is 23.4 Å². The predicted molar refractivity (Wildman–Crippen MR) is 144 cm³/mol. The van der Waals surface area contributed by atoms with E-state index in [1.54, 1.807) is 90.3 Å². The van der Waals surface area contributed by atoms with Gasteiger partial charge in [0.15, 0.2) is 0 Å². The van der Waals surface area contributed by atoms with Gasteiger partial charge in [0.2, 0.25) is 11.8 Å². The summed E-state index contributed by atoms with van der Waals surface area (Å²) in [5.74, 6) is -0.992. The lowest BCUT2D eigenvalue weighted by molar-refractivity contribution is -0.143. The summed E-state index contributed by atoms with van der Waals surface area (Å²) in [4.78, 5) is 53.2. The molecule has 2 rings (SSSR count). The molecule has 0 aliphatic carbocycles. The van der Waals surface area contributed by atoms with Crippen LogP contribution >= 0.6 is 0 Å². The Morgan fingerprint density at radius 3 is 2.08 bits per heavy atom. The highest BCUT2D eigenvalue weighted by molar-refractivity contribution is 5.99. The third kappa shape index (κ3) is 9.10. The van der Waals surface area contributed by atoms with Gasteiger partial charge in [-0.05, 0) is 70.9 Å². The molecule has 4 amide bonds. The van der Waals surface area contributed by atoms with E-state index in [9.17, 15) is 19.2 Å². The maximum atomic E-state index is 14.0. The number of hydrogen-bond donors (Lipinski definition) is 3. The van der Waals surface area contributed by atoms with Gasteiger partial charge in [0, 0.05) is 18.2 Å². The van der Waals surface area contributed by atoms with Gasteiger partial charge < -0.3 is 30.7 Å². The molecule has 206 valence electrons. The van der Waals surface area contributed by atoms with Crippen LogP contribution in [0.5, 0.6) is 5.75 Å². The molecule has 0 aliphatic heterocycles. The van der Waals surface area contributed by atoms with E-state index in [2.05, 4.69) is 10.6 Å². The molecule has 2 unspecified atom stereocenters. The summed E-state index contributed by atoms with van der Waals surface area (Å²) in [6, 6.07) is 13.0. The molecule has 0 fully saturated rings. The van der Waals surface area contributed by atoms with Crippen molar-refractivity contribution in [1.29, 1.82) is 0 Å². The first kappa shape index (κ1) is 30.1. The number of benzene rings is 2. The van der Waals surface area contributed by atoms with Gasteiger partial charge in [-0.3, -0.25) is 14.4 Å². The second kappa shape index (κ2) is 13.5. The third-order valence-electron chi connectivity index (χ3n) is 5.48. The van der Waals surface area contributed by atoms with Gasteiger partial charge in [0.25, 0.3) is 5.91 Å². The second-order valence-electron chi connectivity index (χ2n) is 10.1. The van der Waals surface area contributed by atoms with Crippen LogP contribution in [-0.2, 0) is 19.1 Å². The molecule has 0 aliphatic rings. The number of carbonyl (C=O) groups excluding carboxylic acids is 4. The van der Waals surface area contributed by atoms with Crippen LogP contribution in [0.4, 0.5) is 10.5 Å². The Labute approximate surface area is 223 Å². The fourth-order valence-electron chi connectivity index (χ4n) is 3.81. The van der Waals surface area contributed by atoms with E-state index in [0.717, 1.165) is 0 Å². The summed E-state index contributed by atoms with van der Waals surface area (Å²) < 4.78 is 10.5. The predicted octanol–water partition coefficient (Wildman–Crippen LogP) is 3.77. The van der Waals surface area contributed by atoms with Crippen LogP contribution in [0, 0.1) is 0 Å². The Bertz CT molecular complexity index is 1100. The zero-order valence-electron chi connectivity index (χ0n) is 22.8. The molecule has 0 bridgehead atoms. The fourth-order valence-corrected chi connectivity index (χ4v) is 3.81. The van der Waals surface area contributed by atoms with Crippen molar-refractivity contribution in [2.45, 2.75) is 71.2 Å². The van der Waals surface area contributed by atoms with Crippen molar-refractivity contribution in [3.05, 3.63) is 60.2 Å². The molecule has 0 spiro atoms. The highest BCUT2D eigenvalue weighted by atomic mass is 16.6. The van der Waals surface area contributed by atoms with Crippen LogP contribution < -0.4 is 21.1 Å². The zero-order chi connectivity index (χ0) is 28.5. The first-order valence-electron chi connectivity index (χ1n) is 12.4. The first-order valence-corrected chi connectivity index (χ1v) is 12.4. The third-order valence-corrected chi connectivity index (χ3v) is 5.48. The number of amides is 4. The van der Waals surface area contributed by atoms with Gasteiger partial charge in [-0.2, -0.15) is 0 Å². The Morgan fingerprint density at radius 1 is 0.974 bits per heavy atom. The zero-order valence-corrected chi connectivity index (χ0v) is 22.8. The lowest BCUT2D eigenvalue weighted by Crippen LogP contribution is -2.54. The number of methoxy groups -OCH3 is 1. The number of nitrogens with two attached hydrogens (primary N) is 1. The molecule has 10 heteroatoms. The number of rotatable bonds is 11. The SMILES string of the molecule is COc1ccc(NC(=O)C(c2ccccc2)N(C(=O)C(CCC(N)=O)NC(=O)OC(C)(C)C)C(C)C)cc1. The maximum Gasteiger partial charge on any atom is 0.408 e. The Morgan fingerprint density at radius 2 is 1.58 bits per heavy atom. The maximum absolute atomic E-state index is 14.0. The van der Waals surface area contributed by atoms with Crippen LogP contribution in [0.15, 0.2) is 54.6 Å². The van der Waals surface area contributed by atoms with Gasteiger partial charge in [-0.1, -0.05) is 30.3 Å². The Kier molecular flexibility index (Phi) is 10.7. The quantitative estimate of drug-likeness (QED) is 0.407.